The number of carbonyl (C=O) groups is 1. The molecular weight excluding hydrogens is 444 g/mol. The lowest BCUT2D eigenvalue weighted by atomic mass is 9.95. The normalized spacial score (nSPS) is 20.7. The number of carboxylic acid groups (broad SMARTS) is 1. The average molecular weight is 475 g/mol. The van der Waals surface area contributed by atoms with E-state index in [1.807, 2.05) is 31.3 Å². The summed E-state index contributed by atoms with van der Waals surface area (Å²) in [7, 11) is 0. The molecule has 2 unspecified atom stereocenters. The molecule has 34 heavy (non-hydrogen) atoms. The van der Waals surface area contributed by atoms with Crippen LogP contribution in [0.15, 0.2) is 48.7 Å². The Morgan fingerprint density at radius 2 is 1.88 bits per heavy atom. The maximum absolute atomic E-state index is 11.7. The Kier molecular flexibility index (Phi) is 5.90. The summed E-state index contributed by atoms with van der Waals surface area (Å²) in [6, 6.07) is 14.0. The Balaban J connectivity index is 1.65. The molecule has 1 aliphatic carbocycles. The van der Waals surface area contributed by atoms with E-state index in [1.54, 1.807) is 12.1 Å². The summed E-state index contributed by atoms with van der Waals surface area (Å²) in [5.74, 6) is -0.920. The minimum absolute atomic E-state index is 0.0217. The van der Waals surface area contributed by atoms with Crippen molar-refractivity contribution in [3.63, 3.8) is 0 Å². The molecule has 2 N–H and O–H groups in total. The van der Waals surface area contributed by atoms with E-state index >= 15 is 0 Å². The molecule has 176 valence electrons. The number of hydrogen-bond acceptors (Lipinski definition) is 3. The van der Waals surface area contributed by atoms with Crippen molar-refractivity contribution in [3.05, 3.63) is 82.4 Å². The minimum Gasteiger partial charge on any atom is -0.478 e. The number of thiocarbonyl (C=S) groups is 1. The minimum atomic E-state index is -0.920. The number of aryl methyl sites for hydroxylation is 2. The van der Waals surface area contributed by atoms with E-state index < -0.39 is 5.97 Å². The van der Waals surface area contributed by atoms with Crippen molar-refractivity contribution in [1.29, 1.82) is 0 Å². The molecule has 2 fully saturated rings. The number of benzene rings is 1. The molecule has 1 aliphatic heterocycles. The van der Waals surface area contributed by atoms with Crippen molar-refractivity contribution >= 4 is 23.3 Å². The van der Waals surface area contributed by atoms with Gasteiger partial charge in [0.05, 0.1) is 23.3 Å². The van der Waals surface area contributed by atoms with E-state index in [9.17, 15) is 9.90 Å². The molecule has 0 spiro atoms. The number of nitrogens with zero attached hydrogens (tertiary/aromatic N) is 3. The van der Waals surface area contributed by atoms with Gasteiger partial charge >= 0.3 is 5.97 Å². The maximum atomic E-state index is 11.7. The highest BCUT2D eigenvalue weighted by Gasteiger charge is 2.44. The van der Waals surface area contributed by atoms with Gasteiger partial charge in [-0.05, 0) is 87.3 Å². The number of nitrogens with one attached hydrogen (secondary N) is 1. The Morgan fingerprint density at radius 1 is 1.12 bits per heavy atom. The monoisotopic (exact) mass is 474 g/mol. The van der Waals surface area contributed by atoms with Crippen molar-refractivity contribution in [1.82, 2.24) is 19.8 Å². The number of pyridine rings is 1. The van der Waals surface area contributed by atoms with Gasteiger partial charge < -0.3 is 19.9 Å². The van der Waals surface area contributed by atoms with Crippen LogP contribution < -0.4 is 5.32 Å². The van der Waals surface area contributed by atoms with Gasteiger partial charge in [-0.15, -0.1) is 0 Å². The molecule has 2 atom stereocenters. The molecule has 6 nitrogen and oxygen atoms in total. The van der Waals surface area contributed by atoms with Crippen LogP contribution in [0.3, 0.4) is 0 Å². The second-order valence-electron chi connectivity index (χ2n) is 9.44. The third-order valence-corrected chi connectivity index (χ3v) is 7.67. The lowest BCUT2D eigenvalue weighted by molar-refractivity contribution is 0.0697. The van der Waals surface area contributed by atoms with Crippen LogP contribution in [0.2, 0.25) is 0 Å². The van der Waals surface area contributed by atoms with Gasteiger partial charge in [-0.1, -0.05) is 25.0 Å². The van der Waals surface area contributed by atoms with Crippen LogP contribution in [0.5, 0.6) is 0 Å². The van der Waals surface area contributed by atoms with Crippen LogP contribution in [-0.4, -0.2) is 36.7 Å². The average Bonchev–Trinajstić information content (AvgIpc) is 3.53. The van der Waals surface area contributed by atoms with Crippen LogP contribution in [0.25, 0.3) is 5.69 Å². The summed E-state index contributed by atoms with van der Waals surface area (Å²) >= 11 is 5.89. The largest absolute Gasteiger partial charge is 0.478 e. The Morgan fingerprint density at radius 3 is 2.56 bits per heavy atom. The summed E-state index contributed by atoms with van der Waals surface area (Å²) in [4.78, 5) is 18.7. The number of hydrogen-bond donors (Lipinski definition) is 2. The standard InChI is InChI=1S/C27H30N4O2S/c1-16-11-12-19(26(32)33)15-23(16)30-17(2)14-21(18(30)3)25-24(22-10-6-7-13-28-22)29-27(34)31(25)20-8-4-5-9-20/h6-7,10-15,20,24-25H,4-5,8-9H2,1-3H3,(H,29,34)(H,32,33). The molecular formula is C27H30N4O2S. The van der Waals surface area contributed by atoms with Gasteiger partial charge in [0.2, 0.25) is 0 Å². The zero-order chi connectivity index (χ0) is 24.0. The van der Waals surface area contributed by atoms with Gasteiger partial charge in [0, 0.05) is 29.3 Å². The van der Waals surface area contributed by atoms with Crippen LogP contribution in [-0.2, 0) is 0 Å². The van der Waals surface area contributed by atoms with E-state index in [1.165, 1.54) is 18.4 Å². The molecule has 0 radical (unpaired) electrons. The fourth-order valence-electron chi connectivity index (χ4n) is 5.71. The van der Waals surface area contributed by atoms with E-state index in [4.69, 9.17) is 12.2 Å². The number of rotatable bonds is 5. The zero-order valence-corrected chi connectivity index (χ0v) is 20.6. The maximum Gasteiger partial charge on any atom is 0.335 e. The molecule has 3 aromatic rings. The topological polar surface area (TPSA) is 70.4 Å². The summed E-state index contributed by atoms with van der Waals surface area (Å²) in [5.41, 5.74) is 6.57. The number of carboxylic acids is 1. The quantitative estimate of drug-likeness (QED) is 0.482. The van der Waals surface area contributed by atoms with Crippen molar-refractivity contribution < 1.29 is 9.90 Å². The molecule has 1 saturated carbocycles. The number of aromatic nitrogens is 2. The third kappa shape index (κ3) is 3.78. The van der Waals surface area contributed by atoms with Gasteiger partial charge in [0.25, 0.3) is 0 Å². The molecule has 0 bridgehead atoms. The van der Waals surface area contributed by atoms with Gasteiger partial charge in [-0.2, -0.15) is 0 Å². The Bertz CT molecular complexity index is 1250. The van der Waals surface area contributed by atoms with E-state index in [0.717, 1.165) is 46.3 Å². The smallest absolute Gasteiger partial charge is 0.335 e. The lowest BCUT2D eigenvalue weighted by Gasteiger charge is -2.33. The van der Waals surface area contributed by atoms with Crippen molar-refractivity contribution in [3.8, 4) is 5.69 Å². The first-order valence-electron chi connectivity index (χ1n) is 11.9. The number of aromatic carboxylic acids is 1. The van der Waals surface area contributed by atoms with Gasteiger partial charge in [0.15, 0.2) is 5.11 Å². The lowest BCUT2D eigenvalue weighted by Crippen LogP contribution is -2.37. The highest BCUT2D eigenvalue weighted by atomic mass is 32.1. The van der Waals surface area contributed by atoms with E-state index in [2.05, 4.69) is 45.7 Å². The summed E-state index contributed by atoms with van der Waals surface area (Å²) < 4.78 is 2.18. The molecule has 7 heteroatoms. The predicted octanol–water partition coefficient (Wildman–Crippen LogP) is 5.41. The molecule has 5 rings (SSSR count). The SMILES string of the molecule is Cc1ccc(C(=O)O)cc1-n1c(C)cc(C2C(c3ccccn3)NC(=S)N2C2CCCC2)c1C. The first kappa shape index (κ1) is 22.6. The van der Waals surface area contributed by atoms with Crippen molar-refractivity contribution in [2.75, 3.05) is 0 Å². The second-order valence-corrected chi connectivity index (χ2v) is 9.83. The highest BCUT2D eigenvalue weighted by Crippen LogP contribution is 2.45. The molecule has 2 aliphatic rings. The fraction of sp³-hybridized carbons (Fsp3) is 0.370. The fourth-order valence-corrected chi connectivity index (χ4v) is 6.10. The molecule has 0 amide bonds. The van der Waals surface area contributed by atoms with Crippen LogP contribution in [0.4, 0.5) is 0 Å². The molecule has 1 aromatic carbocycles. The van der Waals surface area contributed by atoms with Crippen LogP contribution >= 0.6 is 12.2 Å². The summed E-state index contributed by atoms with van der Waals surface area (Å²) in [6.07, 6.45) is 6.58. The van der Waals surface area contributed by atoms with Crippen LogP contribution in [0.1, 0.15) is 76.3 Å². The molecule has 1 saturated heterocycles. The first-order chi connectivity index (χ1) is 16.4. The second kappa shape index (κ2) is 8.87. The van der Waals surface area contributed by atoms with E-state index in [0.29, 0.717) is 6.04 Å². The highest BCUT2D eigenvalue weighted by molar-refractivity contribution is 7.80. The van der Waals surface area contributed by atoms with Gasteiger partial charge in [-0.25, -0.2) is 4.79 Å². The van der Waals surface area contributed by atoms with E-state index in [-0.39, 0.29) is 17.6 Å². The summed E-state index contributed by atoms with van der Waals surface area (Å²) in [5, 5.41) is 13.9. The third-order valence-electron chi connectivity index (χ3n) is 7.34. The van der Waals surface area contributed by atoms with Crippen molar-refractivity contribution in [2.45, 2.75) is 64.6 Å². The Hall–Kier alpha value is -3.19. The van der Waals surface area contributed by atoms with Gasteiger partial charge in [0.1, 0.15) is 0 Å². The van der Waals surface area contributed by atoms with Crippen LogP contribution in [0, 0.1) is 20.8 Å². The van der Waals surface area contributed by atoms with Gasteiger partial charge in [-0.3, -0.25) is 4.98 Å². The molecule has 3 heterocycles. The first-order valence-corrected chi connectivity index (χ1v) is 12.3. The molecule has 2 aromatic heterocycles. The predicted molar refractivity (Wildman–Crippen MR) is 136 cm³/mol. The van der Waals surface area contributed by atoms with Crippen molar-refractivity contribution in [2.24, 2.45) is 0 Å². The summed E-state index contributed by atoms with van der Waals surface area (Å²) in [6.45, 7) is 6.23. The Labute approximate surface area is 205 Å². The zero-order valence-electron chi connectivity index (χ0n) is 19.8.